The van der Waals surface area contributed by atoms with Crippen LogP contribution in [0, 0.1) is 5.92 Å². The summed E-state index contributed by atoms with van der Waals surface area (Å²) in [6, 6.07) is 4.12. The molecule has 2 rings (SSSR count). The molecule has 0 radical (unpaired) electrons. The minimum Gasteiger partial charge on any atom is -0.355 e. The van der Waals surface area contributed by atoms with Gasteiger partial charge in [-0.25, -0.2) is 0 Å². The number of carbonyl (C=O) groups excluding carboxylic acids is 1. The van der Waals surface area contributed by atoms with Gasteiger partial charge in [0.15, 0.2) is 5.16 Å². The van der Waals surface area contributed by atoms with Crippen molar-refractivity contribution in [1.29, 1.82) is 0 Å². The highest BCUT2D eigenvalue weighted by atomic mass is 32.2. The number of hydrogen-bond acceptors (Lipinski definition) is 5. The van der Waals surface area contributed by atoms with Gasteiger partial charge in [-0.15, -0.1) is 21.5 Å². The Morgan fingerprint density at radius 2 is 2.29 bits per heavy atom. The molecular weight excluding hydrogens is 304 g/mol. The van der Waals surface area contributed by atoms with Gasteiger partial charge in [0.25, 0.3) is 0 Å². The average Bonchev–Trinajstić information content (AvgIpc) is 3.07. The fraction of sp³-hybridized carbons (Fsp3) is 0.500. The van der Waals surface area contributed by atoms with E-state index in [2.05, 4.69) is 40.8 Å². The number of nitrogens with one attached hydrogen (secondary N) is 1. The number of rotatable bonds is 7. The highest BCUT2D eigenvalue weighted by molar-refractivity contribution is 7.99. The molecule has 1 N–H and O–H groups in total. The summed E-state index contributed by atoms with van der Waals surface area (Å²) in [5.74, 6) is 1.79. The van der Waals surface area contributed by atoms with E-state index < -0.39 is 0 Å². The molecule has 2 aromatic rings. The number of thioether (sulfide) groups is 1. The smallest absolute Gasteiger partial charge is 0.230 e. The molecule has 0 unspecified atom stereocenters. The van der Waals surface area contributed by atoms with Crippen LogP contribution in [0.4, 0.5) is 0 Å². The van der Waals surface area contributed by atoms with E-state index in [4.69, 9.17) is 0 Å². The minimum atomic E-state index is 0.0384. The number of amides is 1. The van der Waals surface area contributed by atoms with Crippen LogP contribution in [0.3, 0.4) is 0 Å². The van der Waals surface area contributed by atoms with E-state index in [0.717, 1.165) is 17.4 Å². The van der Waals surface area contributed by atoms with Gasteiger partial charge in [-0.2, -0.15) is 0 Å². The standard InChI is InChI=1S/C14H20N4OS2/c1-10(2)8-15-13(19)9-21-14-17-16-12(18(14)3)7-11-5-4-6-20-11/h4-6,10H,7-9H2,1-3H3,(H,15,19). The van der Waals surface area contributed by atoms with Crippen LogP contribution in [0.15, 0.2) is 22.7 Å². The second-order valence-electron chi connectivity index (χ2n) is 5.20. The zero-order chi connectivity index (χ0) is 15.2. The van der Waals surface area contributed by atoms with Gasteiger partial charge in [0, 0.05) is 24.9 Å². The van der Waals surface area contributed by atoms with Crippen molar-refractivity contribution < 1.29 is 4.79 Å². The Kier molecular flexibility index (Phi) is 5.81. The maximum absolute atomic E-state index is 11.7. The number of aromatic nitrogens is 3. The van der Waals surface area contributed by atoms with Crippen LogP contribution in [0.25, 0.3) is 0 Å². The molecule has 0 bridgehead atoms. The molecule has 0 fully saturated rings. The van der Waals surface area contributed by atoms with Gasteiger partial charge in [-0.05, 0) is 17.4 Å². The van der Waals surface area contributed by atoms with Gasteiger partial charge in [0.1, 0.15) is 5.82 Å². The third-order valence-electron chi connectivity index (χ3n) is 2.88. The maximum Gasteiger partial charge on any atom is 0.230 e. The second kappa shape index (κ2) is 7.61. The Labute approximate surface area is 133 Å². The SMILES string of the molecule is CC(C)CNC(=O)CSc1nnc(Cc2cccs2)n1C. The van der Waals surface area contributed by atoms with E-state index in [9.17, 15) is 4.79 Å². The molecule has 0 spiro atoms. The lowest BCUT2D eigenvalue weighted by Crippen LogP contribution is -2.28. The number of nitrogens with zero attached hydrogens (tertiary/aromatic N) is 3. The monoisotopic (exact) mass is 324 g/mol. The van der Waals surface area contributed by atoms with Gasteiger partial charge in [0.2, 0.25) is 5.91 Å². The van der Waals surface area contributed by atoms with Crippen molar-refractivity contribution in [2.45, 2.75) is 25.4 Å². The van der Waals surface area contributed by atoms with Crippen LogP contribution in [0.5, 0.6) is 0 Å². The summed E-state index contributed by atoms with van der Waals surface area (Å²) in [4.78, 5) is 13.0. The Hall–Kier alpha value is -1.34. The van der Waals surface area contributed by atoms with Crippen molar-refractivity contribution >= 4 is 29.0 Å². The third kappa shape index (κ3) is 4.86. The first-order chi connectivity index (χ1) is 10.1. The second-order valence-corrected chi connectivity index (χ2v) is 7.18. The quantitative estimate of drug-likeness (QED) is 0.794. The molecule has 0 atom stereocenters. The first-order valence-corrected chi connectivity index (χ1v) is 8.73. The molecule has 0 aromatic carbocycles. The summed E-state index contributed by atoms with van der Waals surface area (Å²) in [6.07, 6.45) is 0.779. The summed E-state index contributed by atoms with van der Waals surface area (Å²) in [6.45, 7) is 4.86. The summed E-state index contributed by atoms with van der Waals surface area (Å²) in [5, 5.41) is 14.1. The van der Waals surface area contributed by atoms with Crippen molar-refractivity contribution in [1.82, 2.24) is 20.1 Å². The van der Waals surface area contributed by atoms with E-state index in [1.165, 1.54) is 16.6 Å². The topological polar surface area (TPSA) is 59.8 Å². The Morgan fingerprint density at radius 3 is 2.95 bits per heavy atom. The molecule has 0 aliphatic rings. The average molecular weight is 324 g/mol. The number of carbonyl (C=O) groups is 1. The first-order valence-electron chi connectivity index (χ1n) is 6.86. The lowest BCUT2D eigenvalue weighted by molar-refractivity contribution is -0.118. The summed E-state index contributed by atoms with van der Waals surface area (Å²) < 4.78 is 1.96. The fourth-order valence-electron chi connectivity index (χ4n) is 1.69. The van der Waals surface area contributed by atoms with Crippen LogP contribution in [0.2, 0.25) is 0 Å². The highest BCUT2D eigenvalue weighted by Gasteiger charge is 2.12. The van der Waals surface area contributed by atoms with E-state index in [1.807, 2.05) is 17.7 Å². The van der Waals surface area contributed by atoms with E-state index in [-0.39, 0.29) is 5.91 Å². The molecule has 2 heterocycles. The minimum absolute atomic E-state index is 0.0384. The van der Waals surface area contributed by atoms with E-state index in [1.54, 1.807) is 11.3 Å². The van der Waals surface area contributed by atoms with Gasteiger partial charge in [-0.3, -0.25) is 4.79 Å². The lowest BCUT2D eigenvalue weighted by Gasteiger charge is -2.07. The summed E-state index contributed by atoms with van der Waals surface area (Å²) in [5.41, 5.74) is 0. The molecule has 0 saturated carbocycles. The van der Waals surface area contributed by atoms with Crippen LogP contribution in [-0.4, -0.2) is 33.0 Å². The van der Waals surface area contributed by atoms with Crippen molar-refractivity contribution in [3.05, 3.63) is 28.2 Å². The van der Waals surface area contributed by atoms with Crippen molar-refractivity contribution in [2.75, 3.05) is 12.3 Å². The van der Waals surface area contributed by atoms with Crippen molar-refractivity contribution in [3.63, 3.8) is 0 Å². The predicted octanol–water partition coefficient (Wildman–Crippen LogP) is 2.33. The molecule has 21 heavy (non-hydrogen) atoms. The molecule has 2 aromatic heterocycles. The van der Waals surface area contributed by atoms with Gasteiger partial charge >= 0.3 is 0 Å². The molecule has 7 heteroatoms. The Morgan fingerprint density at radius 1 is 1.48 bits per heavy atom. The van der Waals surface area contributed by atoms with Crippen LogP contribution in [0.1, 0.15) is 24.5 Å². The van der Waals surface area contributed by atoms with Crippen molar-refractivity contribution in [3.8, 4) is 0 Å². The highest BCUT2D eigenvalue weighted by Crippen LogP contribution is 2.18. The van der Waals surface area contributed by atoms with Crippen LogP contribution >= 0.6 is 23.1 Å². The van der Waals surface area contributed by atoms with Gasteiger partial charge in [0.05, 0.1) is 5.75 Å². The van der Waals surface area contributed by atoms with Crippen molar-refractivity contribution in [2.24, 2.45) is 13.0 Å². The molecule has 0 aliphatic carbocycles. The Balaban J connectivity index is 1.87. The molecule has 114 valence electrons. The van der Waals surface area contributed by atoms with E-state index >= 15 is 0 Å². The molecule has 1 amide bonds. The molecule has 0 aliphatic heterocycles. The lowest BCUT2D eigenvalue weighted by atomic mass is 10.2. The Bertz CT molecular complexity index is 578. The fourth-order valence-corrected chi connectivity index (χ4v) is 3.15. The zero-order valence-electron chi connectivity index (χ0n) is 12.5. The van der Waals surface area contributed by atoms with Crippen LogP contribution < -0.4 is 5.32 Å². The first kappa shape index (κ1) is 16.0. The molecule has 0 saturated heterocycles. The largest absolute Gasteiger partial charge is 0.355 e. The van der Waals surface area contributed by atoms with Crippen LogP contribution in [-0.2, 0) is 18.3 Å². The molecule has 5 nitrogen and oxygen atoms in total. The molecular formula is C14H20N4OS2. The third-order valence-corrected chi connectivity index (χ3v) is 4.77. The zero-order valence-corrected chi connectivity index (χ0v) is 14.1. The van der Waals surface area contributed by atoms with Gasteiger partial charge < -0.3 is 9.88 Å². The normalized spacial score (nSPS) is 11.0. The number of hydrogen-bond donors (Lipinski definition) is 1. The van der Waals surface area contributed by atoms with E-state index in [0.29, 0.717) is 18.2 Å². The number of thiophene rings is 1. The summed E-state index contributed by atoms with van der Waals surface area (Å²) in [7, 11) is 1.94. The maximum atomic E-state index is 11.7. The predicted molar refractivity (Wildman–Crippen MR) is 86.7 cm³/mol. The van der Waals surface area contributed by atoms with Gasteiger partial charge in [-0.1, -0.05) is 31.7 Å². The summed E-state index contributed by atoms with van der Waals surface area (Å²) >= 11 is 3.13.